The fraction of sp³-hybridized carbons (Fsp3) is 0.294. The van der Waals surface area contributed by atoms with Gasteiger partial charge in [-0.15, -0.1) is 0 Å². The lowest BCUT2D eigenvalue weighted by Crippen LogP contribution is -2.48. The number of rotatable bonds is 3. The topological polar surface area (TPSA) is 68.4 Å². The van der Waals surface area contributed by atoms with Crippen LogP contribution in [0, 0.1) is 11.7 Å². The van der Waals surface area contributed by atoms with Gasteiger partial charge in [-0.3, -0.25) is 9.59 Å². The zero-order chi connectivity index (χ0) is 16.6. The summed E-state index contributed by atoms with van der Waals surface area (Å²) in [4.78, 5) is 27.8. The molecular weight excluding hydrogens is 301 g/mol. The average Bonchev–Trinajstić information content (AvgIpc) is 2.96. The molecule has 0 saturated carbocycles. The Bertz CT molecular complexity index is 702. The van der Waals surface area contributed by atoms with Crippen LogP contribution >= 0.6 is 0 Å². The predicted octanol–water partition coefficient (Wildman–Crippen LogP) is 2.74. The minimum Gasteiger partial charge on any atom is -0.422 e. The molecule has 1 fully saturated rings. The van der Waals surface area contributed by atoms with Crippen LogP contribution in [0.25, 0.3) is 0 Å². The summed E-state index contributed by atoms with van der Waals surface area (Å²) in [7, 11) is 0. The van der Waals surface area contributed by atoms with Crippen LogP contribution in [0.2, 0.25) is 0 Å². The Morgan fingerprint density at radius 1 is 1.09 bits per heavy atom. The Kier molecular flexibility index (Phi) is 3.67. The molecule has 1 atom stereocenters. The van der Waals surface area contributed by atoms with Gasteiger partial charge in [0, 0.05) is 31.7 Å². The summed E-state index contributed by atoms with van der Waals surface area (Å²) in [5, 5.41) is 0. The van der Waals surface area contributed by atoms with Gasteiger partial charge in [-0.2, -0.15) is 0 Å². The summed E-state index contributed by atoms with van der Waals surface area (Å²) in [6.45, 7) is 3.00. The maximum atomic E-state index is 13.2. The zero-order valence-corrected chi connectivity index (χ0v) is 12.7. The van der Waals surface area contributed by atoms with Gasteiger partial charge >= 0.3 is 11.9 Å². The van der Waals surface area contributed by atoms with E-state index in [1.54, 1.807) is 30.5 Å². The molecule has 1 N–H and O–H groups in total. The Hall–Kier alpha value is -2.63. The van der Waals surface area contributed by atoms with E-state index in [2.05, 4.69) is 4.98 Å². The van der Waals surface area contributed by atoms with Crippen LogP contribution in [0.1, 0.15) is 31.0 Å². The maximum absolute atomic E-state index is 13.2. The number of carbonyl (C=O) groups is 2. The number of aromatic nitrogens is 1. The Labute approximate surface area is 132 Å². The third-order valence-electron chi connectivity index (χ3n) is 3.72. The quantitative estimate of drug-likeness (QED) is 0.698. The van der Waals surface area contributed by atoms with Crippen molar-refractivity contribution >= 4 is 11.9 Å². The molecule has 1 aromatic carbocycles. The molecule has 1 aliphatic rings. The van der Waals surface area contributed by atoms with E-state index in [9.17, 15) is 14.0 Å². The summed E-state index contributed by atoms with van der Waals surface area (Å²) >= 11 is 0. The summed E-state index contributed by atoms with van der Waals surface area (Å²) in [6, 6.07) is 9.18. The summed E-state index contributed by atoms with van der Waals surface area (Å²) in [6.07, 6.45) is 1.69. The molecule has 0 amide bonds. The number of halogens is 1. The van der Waals surface area contributed by atoms with E-state index < -0.39 is 35.4 Å². The van der Waals surface area contributed by atoms with Crippen LogP contribution in [0.5, 0.6) is 0 Å². The third kappa shape index (κ3) is 2.97. The first-order chi connectivity index (χ1) is 10.9. The van der Waals surface area contributed by atoms with Crippen molar-refractivity contribution in [3.05, 3.63) is 59.7 Å². The predicted molar refractivity (Wildman–Crippen MR) is 78.8 cm³/mol. The number of cyclic esters (lactones) is 2. The van der Waals surface area contributed by atoms with E-state index in [4.69, 9.17) is 9.47 Å². The van der Waals surface area contributed by atoms with Gasteiger partial charge in [-0.1, -0.05) is 12.1 Å². The van der Waals surface area contributed by atoms with Crippen molar-refractivity contribution in [1.29, 1.82) is 0 Å². The van der Waals surface area contributed by atoms with Crippen LogP contribution in [0.3, 0.4) is 0 Å². The second kappa shape index (κ2) is 5.53. The number of H-pyrrole nitrogens is 1. The van der Waals surface area contributed by atoms with Crippen LogP contribution < -0.4 is 0 Å². The van der Waals surface area contributed by atoms with Gasteiger partial charge in [0.1, 0.15) is 5.82 Å². The highest BCUT2D eigenvalue weighted by Crippen LogP contribution is 2.37. The first kappa shape index (κ1) is 15.3. The number of ether oxygens (including phenoxy) is 2. The highest BCUT2D eigenvalue weighted by atomic mass is 19.1. The normalized spacial score (nSPS) is 19.1. The van der Waals surface area contributed by atoms with Gasteiger partial charge in [0.15, 0.2) is 5.92 Å². The molecule has 23 heavy (non-hydrogen) atoms. The van der Waals surface area contributed by atoms with Crippen molar-refractivity contribution in [2.24, 2.45) is 5.92 Å². The van der Waals surface area contributed by atoms with Crippen molar-refractivity contribution in [1.82, 2.24) is 4.98 Å². The van der Waals surface area contributed by atoms with Crippen molar-refractivity contribution < 1.29 is 23.5 Å². The lowest BCUT2D eigenvalue weighted by Gasteiger charge is -2.35. The van der Waals surface area contributed by atoms with Crippen LogP contribution in [0.4, 0.5) is 4.39 Å². The van der Waals surface area contributed by atoms with Crippen molar-refractivity contribution in [2.75, 3.05) is 0 Å². The maximum Gasteiger partial charge on any atom is 0.324 e. The number of hydrogen-bond acceptors (Lipinski definition) is 4. The largest absolute Gasteiger partial charge is 0.422 e. The number of benzene rings is 1. The second-order valence-electron chi connectivity index (χ2n) is 5.87. The van der Waals surface area contributed by atoms with E-state index >= 15 is 0 Å². The number of hydrogen-bond donors (Lipinski definition) is 1. The zero-order valence-electron chi connectivity index (χ0n) is 12.7. The van der Waals surface area contributed by atoms with Crippen molar-refractivity contribution in [2.45, 2.75) is 25.6 Å². The minimum absolute atomic E-state index is 0.395. The summed E-state index contributed by atoms with van der Waals surface area (Å²) in [5.74, 6) is -4.78. The van der Waals surface area contributed by atoms with Crippen molar-refractivity contribution in [3.63, 3.8) is 0 Å². The smallest absolute Gasteiger partial charge is 0.324 e. The molecule has 120 valence electrons. The van der Waals surface area contributed by atoms with Crippen LogP contribution in [-0.2, 0) is 19.1 Å². The molecule has 2 aromatic rings. The molecule has 0 spiro atoms. The fourth-order valence-electron chi connectivity index (χ4n) is 2.76. The van der Waals surface area contributed by atoms with Crippen LogP contribution in [0.15, 0.2) is 42.6 Å². The molecular formula is C17H16FNO4. The van der Waals surface area contributed by atoms with Gasteiger partial charge in [0.2, 0.25) is 0 Å². The summed E-state index contributed by atoms with van der Waals surface area (Å²) < 4.78 is 23.6. The molecule has 1 aliphatic heterocycles. The van der Waals surface area contributed by atoms with E-state index in [0.717, 1.165) is 0 Å². The van der Waals surface area contributed by atoms with Gasteiger partial charge in [0.05, 0.1) is 0 Å². The highest BCUT2D eigenvalue weighted by molar-refractivity contribution is 5.98. The highest BCUT2D eigenvalue weighted by Gasteiger charge is 2.48. The number of aromatic amines is 1. The Morgan fingerprint density at radius 3 is 2.22 bits per heavy atom. The molecule has 0 aliphatic carbocycles. The Morgan fingerprint density at radius 2 is 1.70 bits per heavy atom. The van der Waals surface area contributed by atoms with E-state index in [-0.39, 0.29) is 0 Å². The van der Waals surface area contributed by atoms with Crippen LogP contribution in [-0.4, -0.2) is 22.7 Å². The first-order valence-electron chi connectivity index (χ1n) is 7.22. The molecule has 1 saturated heterocycles. The Balaban J connectivity index is 2.04. The molecule has 3 rings (SSSR count). The minimum atomic E-state index is -1.28. The van der Waals surface area contributed by atoms with E-state index in [1.807, 2.05) is 0 Å². The molecule has 0 radical (unpaired) electrons. The number of carbonyl (C=O) groups excluding carboxylic acids is 2. The standard InChI is InChI=1S/C17H16FNO4/c1-17(2)22-15(20)14(16(21)23-17)13(12-4-3-9-19-12)10-5-7-11(18)8-6-10/h3-9,13-14,19H,1-2H3. The fourth-order valence-corrected chi connectivity index (χ4v) is 2.76. The monoisotopic (exact) mass is 317 g/mol. The second-order valence-corrected chi connectivity index (χ2v) is 5.87. The lowest BCUT2D eigenvalue weighted by atomic mass is 9.83. The van der Waals surface area contributed by atoms with Gasteiger partial charge < -0.3 is 14.5 Å². The van der Waals surface area contributed by atoms with Crippen molar-refractivity contribution in [3.8, 4) is 0 Å². The van der Waals surface area contributed by atoms with Gasteiger partial charge in [-0.05, 0) is 29.8 Å². The molecule has 0 bridgehead atoms. The molecule has 1 aromatic heterocycles. The first-order valence-corrected chi connectivity index (χ1v) is 7.22. The van der Waals surface area contributed by atoms with Gasteiger partial charge in [-0.25, -0.2) is 4.39 Å². The SMILES string of the molecule is CC1(C)OC(=O)C(C(c2ccc(F)cc2)c2ccc[nH]2)C(=O)O1. The number of nitrogens with one attached hydrogen (secondary N) is 1. The lowest BCUT2D eigenvalue weighted by molar-refractivity contribution is -0.240. The molecule has 5 nitrogen and oxygen atoms in total. The van der Waals surface area contributed by atoms with E-state index in [0.29, 0.717) is 11.3 Å². The molecule has 6 heteroatoms. The van der Waals surface area contributed by atoms with E-state index in [1.165, 1.54) is 26.0 Å². The third-order valence-corrected chi connectivity index (χ3v) is 3.72. The average molecular weight is 317 g/mol. The summed E-state index contributed by atoms with van der Waals surface area (Å²) in [5.41, 5.74) is 1.27. The molecule has 1 unspecified atom stereocenters. The molecule has 2 heterocycles. The van der Waals surface area contributed by atoms with Gasteiger partial charge in [0.25, 0.3) is 5.79 Å². The number of esters is 2.